The molecule has 0 saturated carbocycles. The largest absolute Gasteiger partial charge is 0.472 e. The molecule has 0 rings (SSSR count). The Balaban J connectivity index is 5.28. The molecule has 0 bridgehead atoms. The zero-order chi connectivity index (χ0) is 65.9. The fraction of sp³-hybridized carbons (Fsp3) is 0.886. The summed E-state index contributed by atoms with van der Waals surface area (Å²) in [5.41, 5.74) is 0. The lowest BCUT2D eigenvalue weighted by atomic mass is 10.0. The fourth-order valence-electron chi connectivity index (χ4n) is 10.0. The molecule has 0 saturated heterocycles. The molecule has 0 radical (unpaired) electrons. The molecule has 524 valence electrons. The van der Waals surface area contributed by atoms with Crippen LogP contribution in [-0.2, 0) is 65.4 Å². The third-order valence-corrected chi connectivity index (χ3v) is 17.4. The minimum absolute atomic E-state index is 0.0834. The number of carbonyl (C=O) groups is 4. The van der Waals surface area contributed by atoms with E-state index >= 15 is 0 Å². The van der Waals surface area contributed by atoms with Crippen LogP contribution in [0.2, 0.25) is 0 Å². The fourth-order valence-corrected chi connectivity index (χ4v) is 11.6. The van der Waals surface area contributed by atoms with E-state index in [0.29, 0.717) is 31.6 Å². The van der Waals surface area contributed by atoms with Crippen molar-refractivity contribution < 1.29 is 80.2 Å². The van der Waals surface area contributed by atoms with Crippen molar-refractivity contribution in [3.05, 3.63) is 24.3 Å². The molecule has 0 aromatic rings. The van der Waals surface area contributed by atoms with Crippen LogP contribution >= 0.6 is 15.6 Å². The molecule has 0 aromatic heterocycles. The van der Waals surface area contributed by atoms with E-state index < -0.39 is 97.5 Å². The number of hydrogen-bond donors (Lipinski definition) is 3. The third-order valence-electron chi connectivity index (χ3n) is 15.5. The smallest absolute Gasteiger partial charge is 0.462 e. The standard InChI is InChI=1S/C70H132O17P2/c1-8-9-10-11-12-13-14-15-16-17-20-23-30-39-46-53-69(74)87-66(58-81-68(73)52-45-38-33-32-36-43-50-63(6)7)60-85-89(78,79)83-56-64(71)55-82-88(76,77)84-59-65(57-80-67(72)51-44-37-29-26-25-28-35-42-49-62(4)5)86-70(75)54-47-40-31-24-21-18-19-22-27-34-41-48-61(2)3/h13-16,61-66,71H,8-12,17-60H2,1-7H3,(H,76,77)(H,78,79)/b14-13-,16-15-/t64-,65-,66-/m1/s1. The van der Waals surface area contributed by atoms with Crippen LogP contribution in [0, 0.1) is 17.8 Å². The summed E-state index contributed by atoms with van der Waals surface area (Å²) in [6.45, 7) is 11.7. The first-order valence-corrected chi connectivity index (χ1v) is 38.7. The van der Waals surface area contributed by atoms with E-state index in [0.717, 1.165) is 121 Å². The van der Waals surface area contributed by atoms with Crippen molar-refractivity contribution in [2.45, 2.75) is 343 Å². The number of aliphatic hydroxyl groups excluding tert-OH is 1. The van der Waals surface area contributed by atoms with E-state index in [4.69, 9.17) is 37.0 Å². The summed E-state index contributed by atoms with van der Waals surface area (Å²) in [7, 11) is -9.91. The Hall–Kier alpha value is -2.46. The highest BCUT2D eigenvalue weighted by Crippen LogP contribution is 2.45. The highest BCUT2D eigenvalue weighted by Gasteiger charge is 2.30. The summed E-state index contributed by atoms with van der Waals surface area (Å²) in [6, 6.07) is 0. The van der Waals surface area contributed by atoms with E-state index in [2.05, 4.69) is 72.8 Å². The lowest BCUT2D eigenvalue weighted by molar-refractivity contribution is -0.161. The van der Waals surface area contributed by atoms with Crippen LogP contribution in [-0.4, -0.2) is 96.7 Å². The maximum absolute atomic E-state index is 13.0. The van der Waals surface area contributed by atoms with Crippen molar-refractivity contribution >= 4 is 39.5 Å². The van der Waals surface area contributed by atoms with Crippen molar-refractivity contribution in [2.24, 2.45) is 17.8 Å². The maximum atomic E-state index is 13.0. The van der Waals surface area contributed by atoms with Gasteiger partial charge in [0, 0.05) is 25.7 Å². The molecule has 0 aliphatic rings. The van der Waals surface area contributed by atoms with E-state index in [1.165, 1.54) is 116 Å². The first kappa shape index (κ1) is 86.5. The summed E-state index contributed by atoms with van der Waals surface area (Å²) < 4.78 is 68.2. The highest BCUT2D eigenvalue weighted by molar-refractivity contribution is 7.47. The van der Waals surface area contributed by atoms with E-state index in [1.54, 1.807) is 0 Å². The van der Waals surface area contributed by atoms with E-state index in [9.17, 15) is 43.2 Å². The summed E-state index contributed by atoms with van der Waals surface area (Å²) in [4.78, 5) is 72.5. The van der Waals surface area contributed by atoms with Gasteiger partial charge >= 0.3 is 39.5 Å². The second-order valence-corrected chi connectivity index (χ2v) is 28.9. The molecule has 89 heavy (non-hydrogen) atoms. The molecule has 5 atom stereocenters. The van der Waals surface area contributed by atoms with Gasteiger partial charge < -0.3 is 33.8 Å². The Morgan fingerprint density at radius 3 is 0.910 bits per heavy atom. The number of phosphoric ester groups is 2. The summed E-state index contributed by atoms with van der Waals surface area (Å²) in [5.74, 6) is 0.00449. The van der Waals surface area contributed by atoms with Crippen molar-refractivity contribution in [3.8, 4) is 0 Å². The third kappa shape index (κ3) is 64.1. The van der Waals surface area contributed by atoms with Crippen LogP contribution < -0.4 is 0 Å². The molecular formula is C70H132O17P2. The number of hydrogen-bond acceptors (Lipinski definition) is 15. The van der Waals surface area contributed by atoms with Crippen molar-refractivity contribution in [1.82, 2.24) is 0 Å². The Morgan fingerprint density at radius 2 is 0.607 bits per heavy atom. The Bertz CT molecular complexity index is 1840. The van der Waals surface area contributed by atoms with Gasteiger partial charge in [-0.05, 0) is 69.1 Å². The molecule has 0 fully saturated rings. The number of ether oxygens (including phenoxy) is 4. The second-order valence-electron chi connectivity index (χ2n) is 26.0. The molecule has 0 aliphatic carbocycles. The van der Waals surface area contributed by atoms with Crippen molar-refractivity contribution in [2.75, 3.05) is 39.6 Å². The number of carbonyl (C=O) groups excluding carboxylic acids is 4. The van der Waals surface area contributed by atoms with Gasteiger partial charge in [0.15, 0.2) is 12.2 Å². The first-order valence-electron chi connectivity index (χ1n) is 35.7. The molecule has 3 N–H and O–H groups in total. The van der Waals surface area contributed by atoms with Gasteiger partial charge in [0.1, 0.15) is 19.3 Å². The quantitative estimate of drug-likeness (QED) is 0.0169. The minimum Gasteiger partial charge on any atom is -0.462 e. The van der Waals surface area contributed by atoms with Gasteiger partial charge in [-0.3, -0.25) is 37.3 Å². The maximum Gasteiger partial charge on any atom is 0.472 e. The van der Waals surface area contributed by atoms with Gasteiger partial charge in [-0.2, -0.15) is 0 Å². The van der Waals surface area contributed by atoms with Crippen LogP contribution in [0.1, 0.15) is 325 Å². The van der Waals surface area contributed by atoms with Gasteiger partial charge in [0.25, 0.3) is 0 Å². The topological polar surface area (TPSA) is 237 Å². The first-order chi connectivity index (χ1) is 42.7. The van der Waals surface area contributed by atoms with Gasteiger partial charge in [-0.15, -0.1) is 0 Å². The van der Waals surface area contributed by atoms with Gasteiger partial charge in [-0.1, -0.05) is 272 Å². The average molecular weight is 1310 g/mol. The number of aliphatic hydroxyl groups is 1. The second kappa shape index (κ2) is 60.5. The zero-order valence-electron chi connectivity index (χ0n) is 57.4. The Labute approximate surface area is 542 Å². The highest BCUT2D eigenvalue weighted by atomic mass is 31.2. The Kier molecular flexibility index (Phi) is 58.8. The number of unbranched alkanes of at least 4 members (excludes halogenated alkanes) is 31. The molecule has 0 spiro atoms. The number of allylic oxidation sites excluding steroid dienone is 4. The van der Waals surface area contributed by atoms with Crippen LogP contribution in [0.4, 0.5) is 0 Å². The molecule has 0 aromatic carbocycles. The Morgan fingerprint density at radius 1 is 0.348 bits per heavy atom. The SMILES string of the molecule is CCCCCC/C=C\C=C/CCCCCCCC(=O)O[C@H](COC(=O)CCCCCCCCC(C)C)COP(=O)(O)OC[C@H](O)COP(=O)(O)OC[C@@H](COC(=O)CCCCCCCCCCC(C)C)OC(=O)CCCCCCCCCCCCCC(C)C. The van der Waals surface area contributed by atoms with Crippen LogP contribution in [0.3, 0.4) is 0 Å². The molecule has 19 heteroatoms. The van der Waals surface area contributed by atoms with E-state index in [1.807, 2.05) is 0 Å². The monoisotopic (exact) mass is 1310 g/mol. The van der Waals surface area contributed by atoms with Crippen LogP contribution in [0.5, 0.6) is 0 Å². The van der Waals surface area contributed by atoms with Crippen molar-refractivity contribution in [3.63, 3.8) is 0 Å². The summed E-state index contributed by atoms with van der Waals surface area (Å²) in [5, 5.41) is 10.6. The lowest BCUT2D eigenvalue weighted by Crippen LogP contribution is -2.30. The molecule has 0 aliphatic heterocycles. The van der Waals surface area contributed by atoms with Crippen LogP contribution in [0.25, 0.3) is 0 Å². The van der Waals surface area contributed by atoms with E-state index in [-0.39, 0.29) is 25.7 Å². The van der Waals surface area contributed by atoms with Gasteiger partial charge in [-0.25, -0.2) is 9.13 Å². The summed E-state index contributed by atoms with van der Waals surface area (Å²) >= 11 is 0. The summed E-state index contributed by atoms with van der Waals surface area (Å²) in [6.07, 6.45) is 46.8. The number of esters is 4. The van der Waals surface area contributed by atoms with Crippen LogP contribution in [0.15, 0.2) is 24.3 Å². The predicted octanol–water partition coefficient (Wildman–Crippen LogP) is 19.4. The zero-order valence-corrected chi connectivity index (χ0v) is 59.2. The lowest BCUT2D eigenvalue weighted by Gasteiger charge is -2.21. The minimum atomic E-state index is -4.96. The normalized spacial score (nSPS) is 14.4. The number of phosphoric acid groups is 2. The molecule has 0 amide bonds. The number of rotatable bonds is 66. The van der Waals surface area contributed by atoms with Gasteiger partial charge in [0.05, 0.1) is 26.4 Å². The van der Waals surface area contributed by atoms with Gasteiger partial charge in [0.2, 0.25) is 0 Å². The molecule has 0 heterocycles. The molecule has 2 unspecified atom stereocenters. The van der Waals surface area contributed by atoms with Crippen molar-refractivity contribution in [1.29, 1.82) is 0 Å². The predicted molar refractivity (Wildman–Crippen MR) is 358 cm³/mol. The molecular weight excluding hydrogens is 1170 g/mol. The molecule has 17 nitrogen and oxygen atoms in total. The average Bonchev–Trinajstić information content (AvgIpc) is 3.70.